The monoisotopic (exact) mass is 434 g/mol. The van der Waals surface area contributed by atoms with Crippen LogP contribution >= 0.6 is 0 Å². The van der Waals surface area contributed by atoms with Crippen molar-refractivity contribution in [3.63, 3.8) is 0 Å². The van der Waals surface area contributed by atoms with Gasteiger partial charge in [-0.25, -0.2) is 15.0 Å². The van der Waals surface area contributed by atoms with E-state index in [9.17, 15) is 4.79 Å². The fraction of sp³-hybridized carbons (Fsp3) is 0.500. The summed E-state index contributed by atoms with van der Waals surface area (Å²) in [5.41, 5.74) is 2.78. The number of nitrogens with one attached hydrogen (secondary N) is 1. The molecule has 4 heterocycles. The molecule has 1 aromatic carbocycles. The number of anilines is 1. The molecule has 0 spiro atoms. The van der Waals surface area contributed by atoms with Crippen molar-refractivity contribution in [2.75, 3.05) is 25.1 Å². The largest absolute Gasteiger partial charge is 0.496 e. The topological polar surface area (TPSA) is 85.2 Å². The van der Waals surface area contributed by atoms with Crippen LogP contribution in [-0.2, 0) is 24.3 Å². The Bertz CT molecular complexity index is 1110. The Labute approximate surface area is 188 Å². The summed E-state index contributed by atoms with van der Waals surface area (Å²) in [6, 6.07) is 7.78. The van der Waals surface area contributed by atoms with Crippen molar-refractivity contribution in [1.82, 2.24) is 24.8 Å². The number of fused-ring (bicyclic) bond motifs is 3. The van der Waals surface area contributed by atoms with Crippen LogP contribution in [0.2, 0.25) is 0 Å². The number of methoxy groups -OCH3 is 1. The normalized spacial score (nSPS) is 18.8. The van der Waals surface area contributed by atoms with E-state index in [-0.39, 0.29) is 11.8 Å². The van der Waals surface area contributed by atoms with Gasteiger partial charge >= 0.3 is 0 Å². The van der Waals surface area contributed by atoms with E-state index in [2.05, 4.69) is 24.8 Å². The Morgan fingerprint density at radius 2 is 2.06 bits per heavy atom. The number of carbonyl (C=O) groups is 1. The molecular weight excluding hydrogens is 404 g/mol. The van der Waals surface area contributed by atoms with Crippen LogP contribution < -0.4 is 15.0 Å². The summed E-state index contributed by atoms with van der Waals surface area (Å²) in [5, 5.41) is 3.10. The molecule has 8 heteroatoms. The molecule has 1 amide bonds. The average molecular weight is 435 g/mol. The summed E-state index contributed by atoms with van der Waals surface area (Å²) in [6.45, 7) is 2.96. The van der Waals surface area contributed by atoms with Crippen LogP contribution in [0.3, 0.4) is 0 Å². The maximum atomic E-state index is 13.0. The minimum Gasteiger partial charge on any atom is -0.496 e. The zero-order valence-corrected chi connectivity index (χ0v) is 18.6. The number of nitrogens with zero attached hydrogens (tertiary/aromatic N) is 5. The van der Waals surface area contributed by atoms with E-state index in [1.54, 1.807) is 13.4 Å². The minimum absolute atomic E-state index is 0.0755. The molecule has 0 radical (unpaired) electrons. The predicted molar refractivity (Wildman–Crippen MR) is 123 cm³/mol. The smallest absolute Gasteiger partial charge is 0.225 e. The predicted octanol–water partition coefficient (Wildman–Crippen LogP) is 3.09. The molecule has 1 saturated heterocycles. The number of hydrogen-bond acceptors (Lipinski definition) is 6. The van der Waals surface area contributed by atoms with Gasteiger partial charge in [0.05, 0.1) is 13.0 Å². The van der Waals surface area contributed by atoms with Gasteiger partial charge in [-0.2, -0.15) is 0 Å². The van der Waals surface area contributed by atoms with Gasteiger partial charge in [0.2, 0.25) is 5.91 Å². The highest BCUT2D eigenvalue weighted by Crippen LogP contribution is 2.29. The number of imidazole rings is 1. The van der Waals surface area contributed by atoms with E-state index in [1.165, 1.54) is 12.8 Å². The van der Waals surface area contributed by atoms with Crippen LogP contribution in [0.15, 0.2) is 30.6 Å². The second kappa shape index (κ2) is 9.14. The van der Waals surface area contributed by atoms with Crippen molar-refractivity contribution in [2.45, 2.75) is 51.6 Å². The maximum absolute atomic E-state index is 13.0. The Hall–Kier alpha value is -3.16. The van der Waals surface area contributed by atoms with Crippen molar-refractivity contribution in [2.24, 2.45) is 5.92 Å². The molecule has 0 aliphatic carbocycles. The van der Waals surface area contributed by atoms with E-state index in [0.29, 0.717) is 13.1 Å². The summed E-state index contributed by atoms with van der Waals surface area (Å²) in [6.07, 6.45) is 8.03. The van der Waals surface area contributed by atoms with Crippen molar-refractivity contribution in [1.29, 1.82) is 0 Å². The molecule has 2 aliphatic heterocycles. The summed E-state index contributed by atoms with van der Waals surface area (Å²) < 4.78 is 7.66. The van der Waals surface area contributed by atoms with E-state index in [1.807, 2.05) is 24.3 Å². The molecule has 2 aromatic heterocycles. The van der Waals surface area contributed by atoms with Crippen molar-refractivity contribution < 1.29 is 9.53 Å². The number of para-hydroxylation sites is 1. The number of aromatic nitrogens is 4. The Morgan fingerprint density at radius 1 is 1.16 bits per heavy atom. The lowest BCUT2D eigenvalue weighted by Crippen LogP contribution is -2.43. The van der Waals surface area contributed by atoms with Crippen LogP contribution in [0.1, 0.15) is 43.5 Å². The number of hydrogen-bond donors (Lipinski definition) is 1. The third-order valence-electron chi connectivity index (χ3n) is 6.61. The molecule has 1 N–H and O–H groups in total. The molecule has 3 aromatic rings. The van der Waals surface area contributed by atoms with Gasteiger partial charge in [0, 0.05) is 38.2 Å². The number of carbonyl (C=O) groups excluding carboxylic acids is 1. The highest BCUT2D eigenvalue weighted by Gasteiger charge is 2.29. The van der Waals surface area contributed by atoms with Gasteiger partial charge in [0.15, 0.2) is 17.0 Å². The molecule has 0 saturated carbocycles. The number of benzene rings is 1. The van der Waals surface area contributed by atoms with Gasteiger partial charge in [-0.3, -0.25) is 4.79 Å². The van der Waals surface area contributed by atoms with Crippen molar-refractivity contribution >= 4 is 22.9 Å². The van der Waals surface area contributed by atoms with Crippen LogP contribution in [0.4, 0.5) is 5.82 Å². The lowest BCUT2D eigenvalue weighted by atomic mass is 9.97. The number of aryl methyl sites for hydroxylation is 2. The van der Waals surface area contributed by atoms with Crippen molar-refractivity contribution in [3.8, 4) is 5.75 Å². The first-order chi connectivity index (χ1) is 15.7. The van der Waals surface area contributed by atoms with Gasteiger partial charge in [-0.1, -0.05) is 24.6 Å². The first-order valence-corrected chi connectivity index (χ1v) is 11.6. The highest BCUT2D eigenvalue weighted by molar-refractivity contribution is 5.85. The number of ether oxygens (including phenoxy) is 1. The van der Waals surface area contributed by atoms with Gasteiger partial charge in [0.25, 0.3) is 0 Å². The molecule has 0 unspecified atom stereocenters. The summed E-state index contributed by atoms with van der Waals surface area (Å²) in [4.78, 5) is 29.3. The van der Waals surface area contributed by atoms with Crippen molar-refractivity contribution in [3.05, 3.63) is 42.0 Å². The van der Waals surface area contributed by atoms with E-state index in [0.717, 1.165) is 72.9 Å². The molecule has 5 rings (SSSR count). The molecule has 0 bridgehead atoms. The standard InChI is InChI=1S/C24H30N6O2/c1-32-19-10-5-4-8-17(19)14-25-24(31)18-9-7-12-29(15-18)22-21-23(27-16-26-22)30-13-6-2-3-11-20(30)28-21/h4-5,8,10,16,18H,2-3,6-7,9,11-15H2,1H3,(H,25,31)/t18-/m0/s1. The fourth-order valence-corrected chi connectivity index (χ4v) is 4.92. The van der Waals surface area contributed by atoms with Crippen LogP contribution in [-0.4, -0.2) is 45.6 Å². The molecule has 8 nitrogen and oxygen atoms in total. The summed E-state index contributed by atoms with van der Waals surface area (Å²) in [7, 11) is 1.65. The highest BCUT2D eigenvalue weighted by atomic mass is 16.5. The zero-order valence-electron chi connectivity index (χ0n) is 18.6. The Balaban J connectivity index is 1.32. The SMILES string of the molecule is COc1ccccc1CNC(=O)[C@H]1CCCN(c2ncnc3c2nc2n3CCCCC2)C1. The first kappa shape index (κ1) is 20.7. The minimum atomic E-state index is -0.0797. The van der Waals surface area contributed by atoms with E-state index >= 15 is 0 Å². The maximum Gasteiger partial charge on any atom is 0.225 e. The van der Waals surface area contributed by atoms with E-state index in [4.69, 9.17) is 9.72 Å². The molecule has 32 heavy (non-hydrogen) atoms. The Morgan fingerprint density at radius 3 is 2.97 bits per heavy atom. The fourth-order valence-electron chi connectivity index (χ4n) is 4.92. The number of rotatable bonds is 5. The van der Waals surface area contributed by atoms with Crippen LogP contribution in [0.5, 0.6) is 5.75 Å². The van der Waals surface area contributed by atoms with Gasteiger partial charge < -0.3 is 19.5 Å². The molecule has 1 fully saturated rings. The quantitative estimate of drug-likeness (QED) is 0.664. The number of piperidine rings is 1. The van der Waals surface area contributed by atoms with Crippen LogP contribution in [0.25, 0.3) is 11.2 Å². The van der Waals surface area contributed by atoms with Gasteiger partial charge in [-0.15, -0.1) is 0 Å². The zero-order chi connectivity index (χ0) is 21.9. The first-order valence-electron chi connectivity index (χ1n) is 11.6. The third-order valence-corrected chi connectivity index (χ3v) is 6.61. The lowest BCUT2D eigenvalue weighted by molar-refractivity contribution is -0.125. The summed E-state index contributed by atoms with van der Waals surface area (Å²) >= 11 is 0. The molecular formula is C24H30N6O2. The summed E-state index contributed by atoms with van der Waals surface area (Å²) in [5.74, 6) is 2.76. The molecule has 1 atom stereocenters. The number of amides is 1. The third kappa shape index (κ3) is 4.01. The van der Waals surface area contributed by atoms with E-state index < -0.39 is 0 Å². The van der Waals surface area contributed by atoms with Gasteiger partial charge in [-0.05, 0) is 31.7 Å². The lowest BCUT2D eigenvalue weighted by Gasteiger charge is -2.32. The Kier molecular flexibility index (Phi) is 5.92. The molecule has 168 valence electrons. The second-order valence-electron chi connectivity index (χ2n) is 8.67. The van der Waals surface area contributed by atoms with Crippen LogP contribution in [0, 0.1) is 5.92 Å². The second-order valence-corrected chi connectivity index (χ2v) is 8.67. The molecule has 2 aliphatic rings. The average Bonchev–Trinajstić information content (AvgIpc) is 3.03. The van der Waals surface area contributed by atoms with Gasteiger partial charge in [0.1, 0.15) is 17.9 Å².